The highest BCUT2D eigenvalue weighted by Crippen LogP contribution is 2.29. The second-order valence-electron chi connectivity index (χ2n) is 5.01. The van der Waals surface area contributed by atoms with Gasteiger partial charge in [-0.1, -0.05) is 24.3 Å². The minimum atomic E-state index is -0.660. The highest BCUT2D eigenvalue weighted by molar-refractivity contribution is 5.92. The fraction of sp³-hybridized carbons (Fsp3) is 0.267. The van der Waals surface area contributed by atoms with Gasteiger partial charge >= 0.3 is 5.88 Å². The van der Waals surface area contributed by atoms with E-state index in [1.54, 1.807) is 0 Å². The van der Waals surface area contributed by atoms with Gasteiger partial charge in [0.2, 0.25) is 0 Å². The van der Waals surface area contributed by atoms with E-state index in [9.17, 15) is 14.9 Å². The number of hydrogen-bond acceptors (Lipinski definition) is 4. The lowest BCUT2D eigenvalue weighted by Gasteiger charge is -2.25. The zero-order valence-electron chi connectivity index (χ0n) is 11.2. The van der Waals surface area contributed by atoms with Gasteiger partial charge in [-0.25, -0.2) is 0 Å². The fourth-order valence-corrected chi connectivity index (χ4v) is 2.68. The lowest BCUT2D eigenvalue weighted by molar-refractivity contribution is -0.402. The molecule has 0 saturated carbocycles. The van der Waals surface area contributed by atoms with Crippen LogP contribution in [0.1, 0.15) is 40.6 Å². The molecular weight excluding hydrogens is 272 g/mol. The van der Waals surface area contributed by atoms with E-state index >= 15 is 0 Å². The fourth-order valence-electron chi connectivity index (χ4n) is 2.68. The van der Waals surface area contributed by atoms with Crippen LogP contribution in [0.4, 0.5) is 5.88 Å². The van der Waals surface area contributed by atoms with E-state index in [1.165, 1.54) is 17.7 Å². The molecule has 1 N–H and O–H groups in total. The topological polar surface area (TPSA) is 85.4 Å². The average Bonchev–Trinajstić information content (AvgIpc) is 2.98. The second-order valence-corrected chi connectivity index (χ2v) is 5.01. The van der Waals surface area contributed by atoms with Crippen LogP contribution in [0.5, 0.6) is 0 Å². The first kappa shape index (κ1) is 13.4. The number of nitrogens with zero attached hydrogens (tertiary/aromatic N) is 1. The summed E-state index contributed by atoms with van der Waals surface area (Å²) in [5.41, 5.74) is 2.35. The Kier molecular flexibility index (Phi) is 3.43. The van der Waals surface area contributed by atoms with E-state index in [0.717, 1.165) is 24.8 Å². The predicted octanol–water partition coefficient (Wildman–Crippen LogP) is 3.00. The molecule has 0 unspecified atom stereocenters. The zero-order chi connectivity index (χ0) is 14.8. The Morgan fingerprint density at radius 3 is 2.86 bits per heavy atom. The molecule has 6 nitrogen and oxygen atoms in total. The Hall–Kier alpha value is -2.63. The average molecular weight is 286 g/mol. The van der Waals surface area contributed by atoms with Crippen molar-refractivity contribution < 1.29 is 14.1 Å². The maximum Gasteiger partial charge on any atom is 0.433 e. The van der Waals surface area contributed by atoms with Crippen LogP contribution in [0, 0.1) is 10.1 Å². The first-order valence-corrected chi connectivity index (χ1v) is 6.78. The molecule has 0 spiro atoms. The minimum absolute atomic E-state index is 0.0373. The molecule has 0 saturated heterocycles. The standard InChI is InChI=1S/C15H14N2O4/c18-15(13-8-9-14(21-13)17(19)20)16-12-7-3-5-10-4-1-2-6-11(10)12/h1-2,4,6,8-9,12H,3,5,7H2,(H,16,18)/t12-/m0/s1. The van der Waals surface area contributed by atoms with Crippen molar-refractivity contribution in [3.63, 3.8) is 0 Å². The lowest BCUT2D eigenvalue weighted by Crippen LogP contribution is -2.30. The summed E-state index contributed by atoms with van der Waals surface area (Å²) < 4.78 is 4.93. The van der Waals surface area contributed by atoms with E-state index in [0.29, 0.717) is 0 Å². The summed E-state index contributed by atoms with van der Waals surface area (Å²) in [5, 5.41) is 13.5. The molecule has 21 heavy (non-hydrogen) atoms. The summed E-state index contributed by atoms with van der Waals surface area (Å²) in [6, 6.07) is 10.4. The van der Waals surface area contributed by atoms with Crippen molar-refractivity contribution in [2.45, 2.75) is 25.3 Å². The van der Waals surface area contributed by atoms with Crippen LogP contribution >= 0.6 is 0 Å². The second kappa shape index (κ2) is 5.40. The number of hydrogen-bond donors (Lipinski definition) is 1. The molecule has 0 aliphatic heterocycles. The van der Waals surface area contributed by atoms with Crippen LogP contribution in [-0.4, -0.2) is 10.8 Å². The van der Waals surface area contributed by atoms with Crippen LogP contribution in [0.3, 0.4) is 0 Å². The summed E-state index contributed by atoms with van der Waals surface area (Å²) in [4.78, 5) is 22.0. The molecule has 1 aromatic heterocycles. The molecule has 1 heterocycles. The largest absolute Gasteiger partial charge is 0.433 e. The molecule has 1 aromatic carbocycles. The number of aryl methyl sites for hydroxylation is 1. The van der Waals surface area contributed by atoms with E-state index in [2.05, 4.69) is 11.4 Å². The Balaban J connectivity index is 1.77. The molecule has 0 bridgehead atoms. The van der Waals surface area contributed by atoms with Crippen LogP contribution in [-0.2, 0) is 6.42 Å². The van der Waals surface area contributed by atoms with Crippen molar-refractivity contribution in [2.24, 2.45) is 0 Å². The number of nitro groups is 1. The highest BCUT2D eigenvalue weighted by atomic mass is 16.6. The van der Waals surface area contributed by atoms with Crippen molar-refractivity contribution in [3.05, 3.63) is 63.4 Å². The number of fused-ring (bicyclic) bond motifs is 1. The van der Waals surface area contributed by atoms with Crippen LogP contribution in [0.15, 0.2) is 40.8 Å². The van der Waals surface area contributed by atoms with Gasteiger partial charge in [0.15, 0.2) is 5.76 Å². The van der Waals surface area contributed by atoms with Crippen molar-refractivity contribution in [3.8, 4) is 0 Å². The molecule has 1 aliphatic carbocycles. The summed E-state index contributed by atoms with van der Waals surface area (Å²) in [6.45, 7) is 0. The summed E-state index contributed by atoms with van der Waals surface area (Å²) in [5.74, 6) is -0.890. The lowest BCUT2D eigenvalue weighted by atomic mass is 9.88. The van der Waals surface area contributed by atoms with Crippen LogP contribution < -0.4 is 5.32 Å². The number of carbonyl (C=O) groups excluding carboxylic acids is 1. The maximum atomic E-state index is 12.1. The van der Waals surface area contributed by atoms with Gasteiger partial charge in [0.25, 0.3) is 5.91 Å². The molecule has 1 amide bonds. The zero-order valence-corrected chi connectivity index (χ0v) is 11.2. The summed E-state index contributed by atoms with van der Waals surface area (Å²) in [6.07, 6.45) is 2.86. The third kappa shape index (κ3) is 2.65. The smallest absolute Gasteiger partial charge is 0.395 e. The third-order valence-electron chi connectivity index (χ3n) is 3.67. The molecular formula is C15H14N2O4. The Bertz CT molecular complexity index is 692. The van der Waals surface area contributed by atoms with Gasteiger partial charge < -0.3 is 9.73 Å². The SMILES string of the molecule is O=C(N[C@H]1CCCc2ccccc21)c1ccc([N+](=O)[O-])o1. The third-order valence-corrected chi connectivity index (χ3v) is 3.67. The first-order chi connectivity index (χ1) is 10.1. The Morgan fingerprint density at radius 1 is 1.29 bits per heavy atom. The van der Waals surface area contributed by atoms with Crippen molar-refractivity contribution in [1.82, 2.24) is 5.32 Å². The number of rotatable bonds is 3. The monoisotopic (exact) mass is 286 g/mol. The summed E-state index contributed by atoms with van der Waals surface area (Å²) >= 11 is 0. The number of nitrogens with one attached hydrogen (secondary N) is 1. The van der Waals surface area contributed by atoms with E-state index in [1.807, 2.05) is 18.2 Å². The molecule has 6 heteroatoms. The Labute approximate surface area is 120 Å². The van der Waals surface area contributed by atoms with Gasteiger partial charge in [0.05, 0.1) is 12.1 Å². The number of carbonyl (C=O) groups is 1. The highest BCUT2D eigenvalue weighted by Gasteiger charge is 2.24. The predicted molar refractivity (Wildman–Crippen MR) is 74.9 cm³/mol. The molecule has 2 aromatic rings. The molecule has 3 rings (SSSR count). The molecule has 0 radical (unpaired) electrons. The maximum absolute atomic E-state index is 12.1. The van der Waals surface area contributed by atoms with Gasteiger partial charge in [0.1, 0.15) is 4.92 Å². The first-order valence-electron chi connectivity index (χ1n) is 6.78. The van der Waals surface area contributed by atoms with Crippen LogP contribution in [0.2, 0.25) is 0 Å². The quantitative estimate of drug-likeness (QED) is 0.694. The molecule has 0 fully saturated rings. The van der Waals surface area contributed by atoms with Crippen molar-refractivity contribution in [1.29, 1.82) is 0 Å². The summed E-state index contributed by atoms with van der Waals surface area (Å²) in [7, 11) is 0. The number of benzene rings is 1. The van der Waals surface area contributed by atoms with Gasteiger partial charge in [-0.2, -0.15) is 0 Å². The van der Waals surface area contributed by atoms with Gasteiger partial charge in [-0.05, 0) is 36.5 Å². The number of furan rings is 1. The van der Waals surface area contributed by atoms with E-state index in [-0.39, 0.29) is 11.8 Å². The van der Waals surface area contributed by atoms with Crippen molar-refractivity contribution >= 4 is 11.8 Å². The molecule has 1 atom stereocenters. The number of amides is 1. The van der Waals surface area contributed by atoms with Gasteiger partial charge in [-0.15, -0.1) is 0 Å². The molecule has 1 aliphatic rings. The van der Waals surface area contributed by atoms with Crippen LogP contribution in [0.25, 0.3) is 0 Å². The Morgan fingerprint density at radius 2 is 2.10 bits per heavy atom. The van der Waals surface area contributed by atoms with E-state index < -0.39 is 16.7 Å². The van der Waals surface area contributed by atoms with Crippen molar-refractivity contribution in [2.75, 3.05) is 0 Å². The normalized spacial score (nSPS) is 17.0. The van der Waals surface area contributed by atoms with Gasteiger partial charge in [0, 0.05) is 0 Å². The minimum Gasteiger partial charge on any atom is -0.395 e. The molecule has 108 valence electrons. The van der Waals surface area contributed by atoms with Gasteiger partial charge in [-0.3, -0.25) is 14.9 Å². The van der Waals surface area contributed by atoms with E-state index in [4.69, 9.17) is 4.42 Å².